The first-order chi connectivity index (χ1) is 13.5. The molecule has 1 amide bonds. The van der Waals surface area contributed by atoms with Crippen molar-refractivity contribution in [1.82, 2.24) is 15.3 Å². The van der Waals surface area contributed by atoms with Crippen LogP contribution in [0.4, 0.5) is 14.6 Å². The van der Waals surface area contributed by atoms with Crippen molar-refractivity contribution < 1.29 is 13.6 Å². The smallest absolute Gasteiger partial charge is 0.270 e. The second kappa shape index (κ2) is 9.03. The predicted molar refractivity (Wildman–Crippen MR) is 103 cm³/mol. The molecule has 0 bridgehead atoms. The van der Waals surface area contributed by atoms with Gasteiger partial charge in [-0.25, -0.2) is 18.7 Å². The van der Waals surface area contributed by atoms with Crippen molar-refractivity contribution in [2.24, 2.45) is 0 Å². The highest BCUT2D eigenvalue weighted by Crippen LogP contribution is 2.12. The van der Waals surface area contributed by atoms with Crippen LogP contribution in [0.25, 0.3) is 0 Å². The molecule has 0 atom stereocenters. The Hall–Kier alpha value is -3.35. The molecule has 2 aromatic carbocycles. The molecule has 0 spiro atoms. The van der Waals surface area contributed by atoms with E-state index in [-0.39, 0.29) is 29.8 Å². The number of carbonyl (C=O) groups is 1. The number of benzene rings is 2. The quantitative estimate of drug-likeness (QED) is 0.655. The summed E-state index contributed by atoms with van der Waals surface area (Å²) in [5.41, 5.74) is 1.65. The molecule has 0 radical (unpaired) electrons. The lowest BCUT2D eigenvalue weighted by atomic mass is 10.1. The van der Waals surface area contributed by atoms with Gasteiger partial charge >= 0.3 is 0 Å². The van der Waals surface area contributed by atoms with Crippen LogP contribution in [0, 0.1) is 18.6 Å². The van der Waals surface area contributed by atoms with E-state index in [1.54, 1.807) is 37.3 Å². The fourth-order valence-corrected chi connectivity index (χ4v) is 2.66. The number of aryl methyl sites for hydroxylation is 1. The maximum absolute atomic E-state index is 13.7. The van der Waals surface area contributed by atoms with E-state index in [4.69, 9.17) is 0 Å². The zero-order chi connectivity index (χ0) is 19.9. The summed E-state index contributed by atoms with van der Waals surface area (Å²) in [6, 6.07) is 14.1. The summed E-state index contributed by atoms with van der Waals surface area (Å²) in [5, 5.41) is 5.81. The van der Waals surface area contributed by atoms with E-state index in [1.807, 2.05) is 0 Å². The van der Waals surface area contributed by atoms with Gasteiger partial charge in [-0.3, -0.25) is 4.79 Å². The van der Waals surface area contributed by atoms with Crippen LogP contribution < -0.4 is 10.6 Å². The molecule has 2 N–H and O–H groups in total. The van der Waals surface area contributed by atoms with Crippen LogP contribution in [0.15, 0.2) is 54.6 Å². The number of aromatic nitrogens is 2. The summed E-state index contributed by atoms with van der Waals surface area (Å²) in [4.78, 5) is 20.8. The fourth-order valence-electron chi connectivity index (χ4n) is 2.66. The van der Waals surface area contributed by atoms with Gasteiger partial charge in [-0.2, -0.15) is 0 Å². The van der Waals surface area contributed by atoms with Gasteiger partial charge in [0.05, 0.1) is 0 Å². The number of hydrogen-bond donors (Lipinski definition) is 2. The second-order valence-electron chi connectivity index (χ2n) is 6.26. The Bertz CT molecular complexity index is 961. The Morgan fingerprint density at radius 1 is 1.04 bits per heavy atom. The monoisotopic (exact) mass is 382 g/mol. The Morgan fingerprint density at radius 2 is 1.79 bits per heavy atom. The van der Waals surface area contributed by atoms with E-state index in [0.29, 0.717) is 30.2 Å². The molecule has 1 aromatic heterocycles. The predicted octanol–water partition coefficient (Wildman–Crippen LogP) is 3.65. The largest absolute Gasteiger partial charge is 0.366 e. The van der Waals surface area contributed by atoms with Gasteiger partial charge in [0.1, 0.15) is 29.0 Å². The number of amides is 1. The highest BCUT2D eigenvalue weighted by atomic mass is 19.1. The fraction of sp³-hybridized carbons (Fsp3) is 0.190. The number of halogens is 2. The van der Waals surface area contributed by atoms with Gasteiger partial charge in [-0.15, -0.1) is 0 Å². The molecule has 3 aromatic rings. The molecule has 144 valence electrons. The zero-order valence-corrected chi connectivity index (χ0v) is 15.4. The third-order valence-electron chi connectivity index (χ3n) is 4.10. The third kappa shape index (κ3) is 5.33. The van der Waals surface area contributed by atoms with E-state index in [0.717, 1.165) is 5.56 Å². The van der Waals surface area contributed by atoms with Crippen LogP contribution >= 0.6 is 0 Å². The van der Waals surface area contributed by atoms with Crippen molar-refractivity contribution in [3.05, 3.63) is 88.9 Å². The van der Waals surface area contributed by atoms with Gasteiger partial charge in [-0.05, 0) is 37.1 Å². The number of carbonyl (C=O) groups excluding carboxylic acids is 1. The van der Waals surface area contributed by atoms with Crippen LogP contribution in [-0.2, 0) is 13.0 Å². The Kier molecular flexibility index (Phi) is 6.26. The van der Waals surface area contributed by atoms with Crippen molar-refractivity contribution >= 4 is 11.7 Å². The van der Waals surface area contributed by atoms with Gasteiger partial charge in [0.25, 0.3) is 5.91 Å². The first-order valence-corrected chi connectivity index (χ1v) is 8.87. The molecule has 0 unspecified atom stereocenters. The number of rotatable bonds is 7. The summed E-state index contributed by atoms with van der Waals surface area (Å²) in [7, 11) is 0. The molecule has 0 saturated carbocycles. The molecular weight excluding hydrogens is 362 g/mol. The van der Waals surface area contributed by atoms with E-state index in [1.165, 1.54) is 24.3 Å². The maximum atomic E-state index is 13.7. The molecule has 0 saturated heterocycles. The molecule has 28 heavy (non-hydrogen) atoms. The first-order valence-electron chi connectivity index (χ1n) is 8.87. The minimum atomic E-state index is -0.332. The standard InChI is InChI=1S/C21H20F2N4O/c1-14-26-19(21(28)24-11-10-15-6-8-17(22)9-7-15)12-20(27-14)25-13-16-4-2-3-5-18(16)23/h2-9,12H,10-11,13H2,1H3,(H,24,28)(H,25,26,27). The van der Waals surface area contributed by atoms with Gasteiger partial charge in [0.2, 0.25) is 0 Å². The zero-order valence-electron chi connectivity index (χ0n) is 15.4. The van der Waals surface area contributed by atoms with Crippen molar-refractivity contribution in [3.63, 3.8) is 0 Å². The highest BCUT2D eigenvalue weighted by molar-refractivity contribution is 5.92. The van der Waals surface area contributed by atoms with Crippen LogP contribution in [0.3, 0.4) is 0 Å². The maximum Gasteiger partial charge on any atom is 0.270 e. The summed E-state index contributed by atoms with van der Waals surface area (Å²) in [6.07, 6.45) is 0.578. The van der Waals surface area contributed by atoms with Crippen LogP contribution in [-0.4, -0.2) is 22.4 Å². The van der Waals surface area contributed by atoms with Crippen LogP contribution in [0.5, 0.6) is 0 Å². The van der Waals surface area contributed by atoms with Crippen LogP contribution in [0.2, 0.25) is 0 Å². The minimum absolute atomic E-state index is 0.225. The van der Waals surface area contributed by atoms with E-state index >= 15 is 0 Å². The Morgan fingerprint density at radius 3 is 2.54 bits per heavy atom. The Balaban J connectivity index is 1.59. The minimum Gasteiger partial charge on any atom is -0.366 e. The molecule has 0 fully saturated rings. The van der Waals surface area contributed by atoms with Gasteiger partial charge in [0.15, 0.2) is 0 Å². The topological polar surface area (TPSA) is 66.9 Å². The summed E-state index contributed by atoms with van der Waals surface area (Å²) >= 11 is 0. The van der Waals surface area contributed by atoms with E-state index < -0.39 is 0 Å². The lowest BCUT2D eigenvalue weighted by molar-refractivity contribution is 0.0948. The molecular formula is C21H20F2N4O. The summed E-state index contributed by atoms with van der Waals surface area (Å²) in [6.45, 7) is 2.32. The van der Waals surface area contributed by atoms with Gasteiger partial charge in [0, 0.05) is 24.7 Å². The third-order valence-corrected chi connectivity index (χ3v) is 4.10. The van der Waals surface area contributed by atoms with Crippen molar-refractivity contribution in [3.8, 4) is 0 Å². The van der Waals surface area contributed by atoms with Crippen molar-refractivity contribution in [2.45, 2.75) is 19.9 Å². The number of anilines is 1. The Labute approximate surface area is 161 Å². The molecule has 0 aliphatic carbocycles. The van der Waals surface area contributed by atoms with Gasteiger partial charge < -0.3 is 10.6 Å². The molecule has 3 rings (SSSR count). The number of hydrogen-bond acceptors (Lipinski definition) is 4. The first kappa shape index (κ1) is 19.4. The highest BCUT2D eigenvalue weighted by Gasteiger charge is 2.11. The van der Waals surface area contributed by atoms with Crippen molar-refractivity contribution in [2.75, 3.05) is 11.9 Å². The van der Waals surface area contributed by atoms with E-state index in [2.05, 4.69) is 20.6 Å². The average Bonchev–Trinajstić information content (AvgIpc) is 2.68. The number of nitrogens with one attached hydrogen (secondary N) is 2. The van der Waals surface area contributed by atoms with Crippen molar-refractivity contribution in [1.29, 1.82) is 0 Å². The molecule has 7 heteroatoms. The lowest BCUT2D eigenvalue weighted by Gasteiger charge is -2.10. The summed E-state index contributed by atoms with van der Waals surface area (Å²) < 4.78 is 26.6. The molecule has 5 nitrogen and oxygen atoms in total. The van der Waals surface area contributed by atoms with E-state index in [9.17, 15) is 13.6 Å². The molecule has 0 aliphatic rings. The normalized spacial score (nSPS) is 10.5. The van der Waals surface area contributed by atoms with Crippen LogP contribution in [0.1, 0.15) is 27.4 Å². The second-order valence-corrected chi connectivity index (χ2v) is 6.26. The molecule has 1 heterocycles. The average molecular weight is 382 g/mol. The SMILES string of the molecule is Cc1nc(NCc2ccccc2F)cc(C(=O)NCCc2ccc(F)cc2)n1. The van der Waals surface area contributed by atoms with Gasteiger partial charge in [-0.1, -0.05) is 30.3 Å². The number of nitrogens with zero attached hydrogens (tertiary/aromatic N) is 2. The molecule has 0 aliphatic heterocycles. The lowest BCUT2D eigenvalue weighted by Crippen LogP contribution is -2.27. The summed E-state index contributed by atoms with van der Waals surface area (Å²) in [5.74, 6) is -0.0533.